The predicted octanol–water partition coefficient (Wildman–Crippen LogP) is 0.134. The van der Waals surface area contributed by atoms with E-state index in [1.807, 2.05) is 0 Å². The van der Waals surface area contributed by atoms with E-state index < -0.39 is 21.2 Å². The van der Waals surface area contributed by atoms with Crippen molar-refractivity contribution in [2.45, 2.75) is 0 Å². The van der Waals surface area contributed by atoms with Gasteiger partial charge >= 0.3 is 11.2 Å². The van der Waals surface area contributed by atoms with Crippen LogP contribution in [0.3, 0.4) is 0 Å². The second-order valence-corrected chi connectivity index (χ2v) is 2.30. The highest BCUT2D eigenvalue weighted by Gasteiger charge is 2.17. The van der Waals surface area contributed by atoms with Gasteiger partial charge in [-0.25, -0.2) is 0 Å². The van der Waals surface area contributed by atoms with Gasteiger partial charge in [-0.1, -0.05) is 11.6 Å². The lowest BCUT2D eigenvalue weighted by atomic mass is 10.5. The van der Waals surface area contributed by atoms with Crippen LogP contribution < -0.4 is 5.56 Å². The summed E-state index contributed by atoms with van der Waals surface area (Å²) in [6, 6.07) is 0. The van der Waals surface area contributed by atoms with Crippen molar-refractivity contribution in [1.82, 2.24) is 9.78 Å². The Morgan fingerprint density at radius 1 is 1.77 bits per heavy atom. The topological polar surface area (TPSA) is 102 Å². The van der Waals surface area contributed by atoms with Gasteiger partial charge in [-0.3, -0.25) is 14.9 Å². The molecule has 66 valence electrons. The Morgan fingerprint density at radius 2 is 2.38 bits per heavy atom. The molecule has 0 aliphatic rings. The molecule has 0 unspecified atom stereocenters. The van der Waals surface area contributed by atoms with Gasteiger partial charge in [-0.05, 0) is 0 Å². The van der Waals surface area contributed by atoms with Crippen LogP contribution in [-0.2, 0) is 0 Å². The zero-order valence-corrected chi connectivity index (χ0v) is 6.72. The standard InChI is InChI=1S/C5HClN4O3/c6-4-3(10(12)13)1-8-9(2-7)5(4)11/h1H. The van der Waals surface area contributed by atoms with Crippen molar-refractivity contribution in [3.63, 3.8) is 0 Å². The highest BCUT2D eigenvalue weighted by Crippen LogP contribution is 2.16. The summed E-state index contributed by atoms with van der Waals surface area (Å²) in [5, 5.41) is 21.1. The normalized spacial score (nSPS) is 9.23. The lowest BCUT2D eigenvalue weighted by Crippen LogP contribution is -2.20. The van der Waals surface area contributed by atoms with E-state index in [1.165, 1.54) is 6.19 Å². The molecule has 0 fully saturated rings. The third kappa shape index (κ3) is 1.47. The van der Waals surface area contributed by atoms with Crippen LogP contribution in [0.25, 0.3) is 0 Å². The van der Waals surface area contributed by atoms with Crippen LogP contribution in [0.5, 0.6) is 0 Å². The number of hydrogen-bond donors (Lipinski definition) is 0. The van der Waals surface area contributed by atoms with Crippen LogP contribution in [0.15, 0.2) is 11.0 Å². The van der Waals surface area contributed by atoms with E-state index in [-0.39, 0.29) is 0 Å². The van der Waals surface area contributed by atoms with Gasteiger partial charge in [0.1, 0.15) is 6.20 Å². The van der Waals surface area contributed by atoms with Crippen LogP contribution >= 0.6 is 11.6 Å². The molecule has 1 heterocycles. The fraction of sp³-hybridized carbons (Fsp3) is 0. The van der Waals surface area contributed by atoms with Crippen molar-refractivity contribution in [2.24, 2.45) is 0 Å². The number of rotatable bonds is 1. The zero-order chi connectivity index (χ0) is 10.0. The van der Waals surface area contributed by atoms with E-state index in [2.05, 4.69) is 5.10 Å². The smallest absolute Gasteiger partial charge is 0.265 e. The minimum Gasteiger partial charge on any atom is -0.265 e. The molecule has 0 aromatic carbocycles. The Kier molecular flexibility index (Phi) is 2.25. The summed E-state index contributed by atoms with van der Waals surface area (Å²) in [4.78, 5) is 20.3. The number of nitrogens with zero attached hydrogens (tertiary/aromatic N) is 4. The summed E-state index contributed by atoms with van der Waals surface area (Å²) in [6.07, 6.45) is 2.13. The Hall–Kier alpha value is -1.94. The van der Waals surface area contributed by atoms with Gasteiger partial charge in [0.05, 0.1) is 4.92 Å². The van der Waals surface area contributed by atoms with Crippen molar-refractivity contribution in [1.29, 1.82) is 5.26 Å². The molecule has 0 spiro atoms. The third-order valence-electron chi connectivity index (χ3n) is 1.19. The summed E-state index contributed by atoms with van der Waals surface area (Å²) in [5.74, 6) is 0. The highest BCUT2D eigenvalue weighted by molar-refractivity contribution is 6.32. The van der Waals surface area contributed by atoms with E-state index in [0.717, 1.165) is 6.20 Å². The Bertz CT molecular complexity index is 460. The lowest BCUT2D eigenvalue weighted by molar-refractivity contribution is -0.385. The Labute approximate surface area is 75.9 Å². The van der Waals surface area contributed by atoms with Gasteiger partial charge in [-0.2, -0.15) is 10.4 Å². The average Bonchev–Trinajstić information content (AvgIpc) is 2.09. The van der Waals surface area contributed by atoms with E-state index in [4.69, 9.17) is 16.9 Å². The summed E-state index contributed by atoms with van der Waals surface area (Å²) < 4.78 is 0.356. The molecule has 0 saturated carbocycles. The molecule has 13 heavy (non-hydrogen) atoms. The number of nitriles is 1. The molecule has 0 bridgehead atoms. The average molecular weight is 201 g/mol. The molecule has 0 radical (unpaired) electrons. The van der Waals surface area contributed by atoms with Crippen molar-refractivity contribution in [3.05, 3.63) is 31.7 Å². The first kappa shape index (κ1) is 9.15. The molecule has 0 N–H and O–H groups in total. The van der Waals surface area contributed by atoms with Crippen molar-refractivity contribution < 1.29 is 4.92 Å². The molecule has 0 saturated heterocycles. The van der Waals surface area contributed by atoms with E-state index >= 15 is 0 Å². The molecule has 8 heteroatoms. The van der Waals surface area contributed by atoms with Gasteiger partial charge in [0.15, 0.2) is 5.02 Å². The van der Waals surface area contributed by atoms with Gasteiger partial charge < -0.3 is 0 Å². The minimum absolute atomic E-state index is 0.356. The van der Waals surface area contributed by atoms with Crippen molar-refractivity contribution >= 4 is 17.3 Å². The largest absolute Gasteiger partial charge is 0.313 e. The van der Waals surface area contributed by atoms with E-state index in [9.17, 15) is 14.9 Å². The monoisotopic (exact) mass is 200 g/mol. The summed E-state index contributed by atoms with van der Waals surface area (Å²) in [5.41, 5.74) is -1.61. The number of halogens is 1. The number of nitro groups is 1. The molecule has 1 aromatic rings. The van der Waals surface area contributed by atoms with Crippen LogP contribution in [0, 0.1) is 21.6 Å². The Morgan fingerprint density at radius 3 is 2.85 bits per heavy atom. The second-order valence-electron chi connectivity index (χ2n) is 1.92. The fourth-order valence-corrected chi connectivity index (χ4v) is 0.820. The van der Waals surface area contributed by atoms with E-state index in [0.29, 0.717) is 4.68 Å². The molecular weight excluding hydrogens is 200 g/mol. The number of aromatic nitrogens is 2. The summed E-state index contributed by atoms with van der Waals surface area (Å²) >= 11 is 5.31. The van der Waals surface area contributed by atoms with Crippen molar-refractivity contribution in [3.8, 4) is 6.19 Å². The fourth-order valence-electron chi connectivity index (χ4n) is 0.623. The van der Waals surface area contributed by atoms with Crippen LogP contribution in [0.2, 0.25) is 5.02 Å². The molecule has 0 aliphatic heterocycles. The Balaban J connectivity index is 3.52. The molecule has 0 amide bonds. The van der Waals surface area contributed by atoms with E-state index in [1.54, 1.807) is 0 Å². The van der Waals surface area contributed by atoms with Crippen LogP contribution in [0.1, 0.15) is 0 Å². The third-order valence-corrected chi connectivity index (χ3v) is 1.55. The SMILES string of the molecule is N#Cn1ncc([N+](=O)[O-])c(Cl)c1=O. The minimum atomic E-state index is -1.00. The number of hydrogen-bond acceptors (Lipinski definition) is 5. The first-order valence-corrected chi connectivity index (χ1v) is 3.28. The summed E-state index contributed by atoms with van der Waals surface area (Å²) in [6.45, 7) is 0. The maximum Gasteiger partial charge on any atom is 0.313 e. The van der Waals surface area contributed by atoms with Crippen LogP contribution in [0.4, 0.5) is 5.69 Å². The van der Waals surface area contributed by atoms with Crippen LogP contribution in [-0.4, -0.2) is 14.7 Å². The molecular formula is C5HClN4O3. The molecule has 1 rings (SSSR count). The van der Waals surface area contributed by atoms with Gasteiger partial charge in [0, 0.05) is 0 Å². The predicted molar refractivity (Wildman–Crippen MR) is 41.2 cm³/mol. The van der Waals surface area contributed by atoms with Gasteiger partial charge in [0.2, 0.25) is 6.19 Å². The molecule has 0 atom stereocenters. The maximum absolute atomic E-state index is 11.0. The molecule has 1 aromatic heterocycles. The lowest BCUT2D eigenvalue weighted by Gasteiger charge is -1.93. The maximum atomic E-state index is 11.0. The van der Waals surface area contributed by atoms with Crippen molar-refractivity contribution in [2.75, 3.05) is 0 Å². The highest BCUT2D eigenvalue weighted by atomic mass is 35.5. The zero-order valence-electron chi connectivity index (χ0n) is 5.97. The quantitative estimate of drug-likeness (QED) is 0.474. The molecule has 7 nitrogen and oxygen atoms in total. The summed E-state index contributed by atoms with van der Waals surface area (Å²) in [7, 11) is 0. The van der Waals surface area contributed by atoms with Gasteiger partial charge in [-0.15, -0.1) is 4.68 Å². The first-order valence-electron chi connectivity index (χ1n) is 2.90. The first-order chi connectivity index (χ1) is 6.07. The van der Waals surface area contributed by atoms with Gasteiger partial charge in [0.25, 0.3) is 0 Å². The second kappa shape index (κ2) is 3.20. The molecule has 0 aliphatic carbocycles.